The minimum Gasteiger partial charge on any atom is -0.177 e. The molecule has 0 aliphatic rings. The Bertz CT molecular complexity index is 508. The summed E-state index contributed by atoms with van der Waals surface area (Å²) in [5, 5.41) is 0. The lowest BCUT2D eigenvalue weighted by molar-refractivity contribution is 1.28. The molecule has 2 aromatic carbocycles. The molecule has 0 aromatic heterocycles. The fourth-order valence-electron chi connectivity index (χ4n) is 1.53. The summed E-state index contributed by atoms with van der Waals surface area (Å²) in [4.78, 5) is 2.50. The zero-order chi connectivity index (χ0) is 11.4. The maximum atomic E-state index is 4.33. The number of aryl methyl sites for hydroxylation is 1. The van der Waals surface area contributed by atoms with Gasteiger partial charge in [-0.1, -0.05) is 36.4 Å². The highest BCUT2D eigenvalue weighted by Gasteiger charge is 2.06. The van der Waals surface area contributed by atoms with E-state index in [-0.39, 0.29) is 10.7 Å². The fraction of sp³-hybridized carbons (Fsp3) is 0.0769. The van der Waals surface area contributed by atoms with E-state index >= 15 is 0 Å². The van der Waals surface area contributed by atoms with Gasteiger partial charge in [-0.25, -0.2) is 0 Å². The molecule has 0 fully saturated rings. The molecule has 0 heterocycles. The molecule has 0 aliphatic carbocycles. The Morgan fingerprint density at radius 3 is 2.19 bits per heavy atom. The van der Waals surface area contributed by atoms with E-state index in [0.717, 1.165) is 0 Å². The van der Waals surface area contributed by atoms with Gasteiger partial charge in [0.2, 0.25) is 0 Å². The number of halogens is 1. The molecule has 82 valence electrons. The van der Waals surface area contributed by atoms with Gasteiger partial charge in [-0.2, -0.15) is 3.39 Å². The number of hydrogen-bond acceptors (Lipinski definition) is 1. The van der Waals surface area contributed by atoms with Crippen molar-refractivity contribution in [2.45, 2.75) is 16.7 Å². The lowest BCUT2D eigenvalue weighted by Crippen LogP contribution is -1.94. The summed E-state index contributed by atoms with van der Waals surface area (Å²) >= 11 is 3.26. The van der Waals surface area contributed by atoms with Crippen LogP contribution >= 0.6 is 16.1 Å². The third-order valence-electron chi connectivity index (χ3n) is 2.34. The predicted octanol–water partition coefficient (Wildman–Crippen LogP) is 4.52. The Balaban J connectivity index is 2.51. The third-order valence-corrected chi connectivity index (χ3v) is 4.94. The molecular weight excluding hydrogens is 282 g/mol. The average Bonchev–Trinajstić information content (AvgIpc) is 2.34. The Labute approximate surface area is 107 Å². The van der Waals surface area contributed by atoms with Gasteiger partial charge in [0.25, 0.3) is 0 Å². The van der Waals surface area contributed by atoms with E-state index < -0.39 is 0 Å². The van der Waals surface area contributed by atoms with Crippen LogP contribution in [0.2, 0.25) is 0 Å². The molecule has 1 nitrogen and oxygen atoms in total. The molecule has 2 rings (SSSR count). The van der Waals surface area contributed by atoms with Gasteiger partial charge >= 0.3 is 0 Å². The monoisotopic (exact) mass is 293 g/mol. The topological polar surface area (TPSA) is 12.4 Å². The van der Waals surface area contributed by atoms with Gasteiger partial charge < -0.3 is 0 Å². The van der Waals surface area contributed by atoms with Gasteiger partial charge in [-0.05, 0) is 41.4 Å². The molecule has 16 heavy (non-hydrogen) atoms. The maximum absolute atomic E-state index is 4.33. The predicted molar refractivity (Wildman–Crippen MR) is 72.9 cm³/mol. The SMILES string of the molecule is Cc1ccccc1/S(=N/Br)c1ccccc1. The van der Waals surface area contributed by atoms with Crippen LogP contribution in [0.25, 0.3) is 0 Å². The van der Waals surface area contributed by atoms with Crippen molar-refractivity contribution < 1.29 is 0 Å². The normalized spacial score (nSPS) is 12.6. The van der Waals surface area contributed by atoms with Crippen LogP contribution in [0.1, 0.15) is 5.56 Å². The molecule has 0 spiro atoms. The summed E-state index contributed by atoms with van der Waals surface area (Å²) in [5.74, 6) is 0. The van der Waals surface area contributed by atoms with Gasteiger partial charge in [0.1, 0.15) is 0 Å². The van der Waals surface area contributed by atoms with Crippen molar-refractivity contribution in [2.75, 3.05) is 0 Å². The lowest BCUT2D eigenvalue weighted by atomic mass is 10.2. The van der Waals surface area contributed by atoms with Crippen molar-refractivity contribution in [2.24, 2.45) is 3.39 Å². The highest BCUT2D eigenvalue weighted by molar-refractivity contribution is 9.09. The van der Waals surface area contributed by atoms with Crippen LogP contribution in [0.4, 0.5) is 0 Å². The number of benzene rings is 2. The fourth-order valence-corrected chi connectivity index (χ4v) is 3.90. The zero-order valence-electron chi connectivity index (χ0n) is 8.93. The van der Waals surface area contributed by atoms with Gasteiger partial charge in [0.05, 0.1) is 16.1 Å². The molecular formula is C13H12BrNS. The van der Waals surface area contributed by atoms with Crippen LogP contribution in [-0.2, 0) is 10.7 Å². The first kappa shape index (κ1) is 11.6. The van der Waals surface area contributed by atoms with E-state index in [1.165, 1.54) is 15.4 Å². The largest absolute Gasteiger partial charge is 0.177 e. The van der Waals surface area contributed by atoms with E-state index in [2.05, 4.69) is 62.9 Å². The zero-order valence-corrected chi connectivity index (χ0v) is 11.3. The molecule has 0 N–H and O–H groups in total. The lowest BCUT2D eigenvalue weighted by Gasteiger charge is -2.09. The minimum atomic E-state index is -0.228. The summed E-state index contributed by atoms with van der Waals surface area (Å²) in [7, 11) is -0.228. The summed E-state index contributed by atoms with van der Waals surface area (Å²) in [6.45, 7) is 2.12. The third kappa shape index (κ3) is 2.42. The average molecular weight is 294 g/mol. The summed E-state index contributed by atoms with van der Waals surface area (Å²) in [6, 6.07) is 18.7. The number of rotatable bonds is 2. The van der Waals surface area contributed by atoms with Crippen molar-refractivity contribution in [1.82, 2.24) is 0 Å². The minimum absolute atomic E-state index is 0.228. The van der Waals surface area contributed by atoms with E-state index in [4.69, 9.17) is 0 Å². The molecule has 0 saturated carbocycles. The summed E-state index contributed by atoms with van der Waals surface area (Å²) in [6.07, 6.45) is 0. The van der Waals surface area contributed by atoms with Crippen LogP contribution < -0.4 is 0 Å². The van der Waals surface area contributed by atoms with Crippen molar-refractivity contribution in [3.05, 3.63) is 60.2 Å². The molecule has 1 unspecified atom stereocenters. The van der Waals surface area contributed by atoms with E-state index in [1.807, 2.05) is 18.2 Å². The molecule has 0 aliphatic heterocycles. The first-order valence-electron chi connectivity index (χ1n) is 5.00. The van der Waals surface area contributed by atoms with Gasteiger partial charge in [-0.15, -0.1) is 0 Å². The van der Waals surface area contributed by atoms with Crippen molar-refractivity contribution in [3.8, 4) is 0 Å². The molecule has 0 radical (unpaired) electrons. The Kier molecular flexibility index (Phi) is 3.91. The van der Waals surface area contributed by atoms with Gasteiger partial charge in [-0.3, -0.25) is 0 Å². The standard InChI is InChI=1S/C13H12BrNS/c1-11-7-5-6-10-13(11)16(15-14)12-8-3-2-4-9-12/h2-10H,1H3. The maximum Gasteiger partial charge on any atom is 0.0828 e. The van der Waals surface area contributed by atoms with Crippen molar-refractivity contribution in [1.29, 1.82) is 0 Å². The second-order valence-corrected chi connectivity index (χ2v) is 5.92. The van der Waals surface area contributed by atoms with Gasteiger partial charge in [0.15, 0.2) is 0 Å². The highest BCUT2D eigenvalue weighted by Crippen LogP contribution is 2.22. The van der Waals surface area contributed by atoms with Crippen LogP contribution in [0.15, 0.2) is 67.8 Å². The second kappa shape index (κ2) is 5.41. The Hall–Kier alpha value is -0.930. The number of hydrogen-bond donors (Lipinski definition) is 0. The highest BCUT2D eigenvalue weighted by atomic mass is 79.9. The van der Waals surface area contributed by atoms with Crippen molar-refractivity contribution >= 4 is 26.8 Å². The van der Waals surface area contributed by atoms with Crippen molar-refractivity contribution in [3.63, 3.8) is 0 Å². The first-order chi connectivity index (χ1) is 7.83. The molecule has 0 amide bonds. The van der Waals surface area contributed by atoms with Crippen LogP contribution in [0.5, 0.6) is 0 Å². The molecule has 1 atom stereocenters. The Morgan fingerprint density at radius 2 is 1.56 bits per heavy atom. The first-order valence-corrected chi connectivity index (χ1v) is 6.89. The van der Waals surface area contributed by atoms with Crippen LogP contribution in [-0.4, -0.2) is 0 Å². The Morgan fingerprint density at radius 1 is 0.938 bits per heavy atom. The summed E-state index contributed by atoms with van der Waals surface area (Å²) in [5.41, 5.74) is 1.28. The van der Waals surface area contributed by atoms with Crippen LogP contribution in [0, 0.1) is 6.92 Å². The van der Waals surface area contributed by atoms with Gasteiger partial charge in [0, 0.05) is 9.79 Å². The smallest absolute Gasteiger partial charge is 0.0828 e. The van der Waals surface area contributed by atoms with E-state index in [0.29, 0.717) is 0 Å². The second-order valence-electron chi connectivity index (χ2n) is 3.43. The van der Waals surface area contributed by atoms with E-state index in [9.17, 15) is 0 Å². The van der Waals surface area contributed by atoms with Crippen LogP contribution in [0.3, 0.4) is 0 Å². The molecule has 3 heteroatoms. The molecule has 2 aromatic rings. The molecule has 0 saturated heterocycles. The molecule has 0 bridgehead atoms. The van der Waals surface area contributed by atoms with E-state index in [1.54, 1.807) is 0 Å². The quantitative estimate of drug-likeness (QED) is 0.772. The number of nitrogens with zero attached hydrogens (tertiary/aromatic N) is 1. The summed E-state index contributed by atoms with van der Waals surface area (Å²) < 4.78 is 4.33.